The molecule has 0 N–H and O–H groups in total. The van der Waals surface area contributed by atoms with Crippen molar-refractivity contribution in [3.05, 3.63) is 0 Å². The molecular formula is C10H13Br3O. The normalized spacial score (nSPS) is 50.1. The highest BCUT2D eigenvalue weighted by molar-refractivity contribution is 9.13. The van der Waals surface area contributed by atoms with Gasteiger partial charge in [0.25, 0.3) is 0 Å². The van der Waals surface area contributed by atoms with Crippen LogP contribution in [0.2, 0.25) is 0 Å². The zero-order chi connectivity index (χ0) is 10.8. The number of ketones is 1. The molecule has 2 aliphatic carbocycles. The second-order valence-electron chi connectivity index (χ2n) is 4.97. The standard InChI is InChI=1S/C10H13Br3O/c1-8(2)7(14)10(13)4-3-9(8,5-11)6(10)12/h6H,3-5H2,1-2H3/t6-,9-,10-/m1/s1. The lowest BCUT2D eigenvalue weighted by Gasteiger charge is -2.40. The molecule has 0 radical (unpaired) electrons. The van der Waals surface area contributed by atoms with Crippen molar-refractivity contribution >= 4 is 53.6 Å². The summed E-state index contributed by atoms with van der Waals surface area (Å²) in [5.74, 6) is 0.359. The molecule has 0 aromatic rings. The molecule has 0 heterocycles. The summed E-state index contributed by atoms with van der Waals surface area (Å²) >= 11 is 11.0. The Kier molecular flexibility index (Phi) is 2.54. The zero-order valence-electron chi connectivity index (χ0n) is 8.24. The lowest BCUT2D eigenvalue weighted by molar-refractivity contribution is -0.131. The molecule has 2 aliphatic rings. The lowest BCUT2D eigenvalue weighted by Crippen LogP contribution is -2.43. The van der Waals surface area contributed by atoms with Gasteiger partial charge in [0.2, 0.25) is 0 Å². The van der Waals surface area contributed by atoms with E-state index in [1.165, 1.54) is 0 Å². The Balaban J connectivity index is 2.58. The van der Waals surface area contributed by atoms with Crippen molar-refractivity contribution in [1.29, 1.82) is 0 Å². The number of Topliss-reactive ketones (excluding diaryl/α,β-unsaturated/α-hetero) is 1. The van der Waals surface area contributed by atoms with Crippen LogP contribution in [0.1, 0.15) is 26.7 Å². The van der Waals surface area contributed by atoms with E-state index < -0.39 is 0 Å². The summed E-state index contributed by atoms with van der Waals surface area (Å²) in [4.78, 5) is 12.5. The number of carbonyl (C=O) groups excluding carboxylic acids is 1. The number of hydrogen-bond acceptors (Lipinski definition) is 1. The fourth-order valence-electron chi connectivity index (χ4n) is 3.00. The maximum Gasteiger partial charge on any atom is 0.156 e. The molecule has 0 aromatic carbocycles. The second-order valence-corrected chi connectivity index (χ2v) is 7.86. The average molecular weight is 389 g/mol. The summed E-state index contributed by atoms with van der Waals surface area (Å²) in [6.45, 7) is 4.15. The molecule has 2 bridgehead atoms. The van der Waals surface area contributed by atoms with E-state index >= 15 is 0 Å². The number of hydrogen-bond donors (Lipinski definition) is 0. The van der Waals surface area contributed by atoms with E-state index in [0.29, 0.717) is 5.78 Å². The highest BCUT2D eigenvalue weighted by atomic mass is 79.9. The van der Waals surface area contributed by atoms with Gasteiger partial charge < -0.3 is 0 Å². The van der Waals surface area contributed by atoms with E-state index in [2.05, 4.69) is 61.6 Å². The first-order chi connectivity index (χ1) is 6.33. The van der Waals surface area contributed by atoms with Crippen molar-refractivity contribution in [2.24, 2.45) is 10.8 Å². The van der Waals surface area contributed by atoms with Crippen molar-refractivity contribution in [2.45, 2.75) is 35.8 Å². The van der Waals surface area contributed by atoms with Crippen LogP contribution in [0.4, 0.5) is 0 Å². The summed E-state index contributed by atoms with van der Waals surface area (Å²) in [6.07, 6.45) is 2.06. The Morgan fingerprint density at radius 3 is 2.29 bits per heavy atom. The maximum absolute atomic E-state index is 12.3. The zero-order valence-corrected chi connectivity index (χ0v) is 13.0. The largest absolute Gasteiger partial charge is 0.297 e. The van der Waals surface area contributed by atoms with Crippen LogP contribution >= 0.6 is 47.8 Å². The molecule has 0 aliphatic heterocycles. The minimum absolute atomic E-state index is 0.0770. The molecule has 3 atom stereocenters. The Hall–Kier alpha value is 1.11. The van der Waals surface area contributed by atoms with Gasteiger partial charge in [0, 0.05) is 21.0 Å². The Morgan fingerprint density at radius 1 is 1.43 bits per heavy atom. The molecule has 0 spiro atoms. The first-order valence-electron chi connectivity index (χ1n) is 4.77. The lowest BCUT2D eigenvalue weighted by atomic mass is 9.65. The summed E-state index contributed by atoms with van der Waals surface area (Å²) < 4.78 is -0.315. The van der Waals surface area contributed by atoms with E-state index in [1.54, 1.807) is 0 Å². The van der Waals surface area contributed by atoms with Gasteiger partial charge in [0.1, 0.15) is 0 Å². The number of halogens is 3. The van der Waals surface area contributed by atoms with Gasteiger partial charge >= 0.3 is 0 Å². The van der Waals surface area contributed by atoms with Crippen molar-refractivity contribution in [1.82, 2.24) is 0 Å². The molecule has 0 amide bonds. The van der Waals surface area contributed by atoms with Gasteiger partial charge in [-0.05, 0) is 12.8 Å². The molecule has 4 heteroatoms. The molecule has 2 rings (SSSR count). The summed E-state index contributed by atoms with van der Waals surface area (Å²) in [6, 6.07) is 0. The van der Waals surface area contributed by atoms with Crippen LogP contribution in [0.15, 0.2) is 0 Å². The third kappa shape index (κ3) is 0.988. The predicted molar refractivity (Wildman–Crippen MR) is 68.6 cm³/mol. The third-order valence-electron chi connectivity index (χ3n) is 4.25. The number of alkyl halides is 3. The van der Waals surface area contributed by atoms with Gasteiger partial charge in [-0.3, -0.25) is 4.79 Å². The molecule has 1 nitrogen and oxygen atoms in total. The van der Waals surface area contributed by atoms with Gasteiger partial charge in [-0.15, -0.1) is 0 Å². The first-order valence-corrected chi connectivity index (χ1v) is 7.60. The van der Waals surface area contributed by atoms with Crippen LogP contribution in [-0.4, -0.2) is 20.3 Å². The fourth-order valence-corrected chi connectivity index (χ4v) is 7.27. The van der Waals surface area contributed by atoms with Crippen molar-refractivity contribution < 1.29 is 4.79 Å². The molecule has 0 aromatic heterocycles. The summed E-state index contributed by atoms with van der Waals surface area (Å²) in [5.41, 5.74) is -0.153. The monoisotopic (exact) mass is 386 g/mol. The molecular weight excluding hydrogens is 376 g/mol. The predicted octanol–water partition coefficient (Wildman–Crippen LogP) is 3.67. The number of fused-ring (bicyclic) bond motifs is 2. The third-order valence-corrected chi connectivity index (χ3v) is 8.74. The summed E-state index contributed by atoms with van der Waals surface area (Å²) in [5, 5.41) is 0.891. The number of rotatable bonds is 1. The van der Waals surface area contributed by atoms with Gasteiger partial charge in [-0.2, -0.15) is 0 Å². The first kappa shape index (κ1) is 11.6. The SMILES string of the molecule is CC1(C)C(=O)[C@@]2(Br)CC[C@@]1(CBr)[C@H]2Br. The molecule has 2 fully saturated rings. The minimum atomic E-state index is -0.315. The minimum Gasteiger partial charge on any atom is -0.297 e. The summed E-state index contributed by atoms with van der Waals surface area (Å²) in [7, 11) is 0. The van der Waals surface area contributed by atoms with Crippen LogP contribution < -0.4 is 0 Å². The van der Waals surface area contributed by atoms with Crippen LogP contribution in [0.3, 0.4) is 0 Å². The van der Waals surface area contributed by atoms with E-state index in [9.17, 15) is 4.79 Å². The molecule has 80 valence electrons. The van der Waals surface area contributed by atoms with Gasteiger partial charge in [-0.1, -0.05) is 61.6 Å². The van der Waals surface area contributed by atoms with Gasteiger partial charge in [0.15, 0.2) is 5.78 Å². The highest BCUT2D eigenvalue weighted by Gasteiger charge is 2.73. The van der Waals surface area contributed by atoms with E-state index in [-0.39, 0.29) is 20.0 Å². The van der Waals surface area contributed by atoms with E-state index in [4.69, 9.17) is 0 Å². The van der Waals surface area contributed by atoms with Crippen LogP contribution in [0, 0.1) is 10.8 Å². The Bertz CT molecular complexity index is 302. The molecule has 14 heavy (non-hydrogen) atoms. The van der Waals surface area contributed by atoms with Crippen molar-refractivity contribution in [3.63, 3.8) is 0 Å². The highest BCUT2D eigenvalue weighted by Crippen LogP contribution is 2.69. The van der Waals surface area contributed by atoms with Gasteiger partial charge in [-0.25, -0.2) is 0 Å². The fraction of sp³-hybridized carbons (Fsp3) is 0.900. The average Bonchev–Trinajstić information content (AvgIpc) is 2.45. The van der Waals surface area contributed by atoms with Crippen LogP contribution in [0.5, 0.6) is 0 Å². The van der Waals surface area contributed by atoms with Crippen LogP contribution in [-0.2, 0) is 4.79 Å². The topological polar surface area (TPSA) is 17.1 Å². The van der Waals surface area contributed by atoms with Gasteiger partial charge in [0.05, 0.1) is 4.32 Å². The Labute approximate surface area is 110 Å². The molecule has 0 unspecified atom stereocenters. The quantitative estimate of drug-likeness (QED) is 0.626. The van der Waals surface area contributed by atoms with E-state index in [1.807, 2.05) is 0 Å². The molecule has 2 saturated carbocycles. The number of carbonyl (C=O) groups is 1. The second kappa shape index (κ2) is 3.07. The smallest absolute Gasteiger partial charge is 0.156 e. The van der Waals surface area contributed by atoms with E-state index in [0.717, 1.165) is 18.2 Å². The van der Waals surface area contributed by atoms with Crippen molar-refractivity contribution in [2.75, 3.05) is 5.33 Å². The van der Waals surface area contributed by atoms with Crippen LogP contribution in [0.25, 0.3) is 0 Å². The maximum atomic E-state index is 12.3. The molecule has 0 saturated heterocycles. The Morgan fingerprint density at radius 2 is 2.00 bits per heavy atom. The van der Waals surface area contributed by atoms with Crippen molar-refractivity contribution in [3.8, 4) is 0 Å².